The summed E-state index contributed by atoms with van der Waals surface area (Å²) in [6.07, 6.45) is 3.34. The van der Waals surface area contributed by atoms with E-state index in [1.54, 1.807) is 31.5 Å². The van der Waals surface area contributed by atoms with Gasteiger partial charge in [-0.2, -0.15) is 0 Å². The van der Waals surface area contributed by atoms with Crippen LogP contribution in [0.3, 0.4) is 0 Å². The fourth-order valence-corrected chi connectivity index (χ4v) is 2.09. The number of amides is 1. The van der Waals surface area contributed by atoms with E-state index in [0.29, 0.717) is 11.4 Å². The number of carbonyl (C=O) groups excluding carboxylic acids is 1. The molecular formula is C13H13N5O2. The first-order chi connectivity index (χ1) is 9.65. The Bertz CT molecular complexity index is 813. The van der Waals surface area contributed by atoms with Crippen LogP contribution in [0.5, 0.6) is 0 Å². The molecule has 1 amide bonds. The van der Waals surface area contributed by atoms with E-state index in [1.165, 1.54) is 6.07 Å². The average Bonchev–Trinajstić information content (AvgIpc) is 3.06. The van der Waals surface area contributed by atoms with Gasteiger partial charge in [0.25, 0.3) is 11.5 Å². The maximum absolute atomic E-state index is 12.3. The van der Waals surface area contributed by atoms with Gasteiger partial charge >= 0.3 is 0 Å². The predicted octanol–water partition coefficient (Wildman–Crippen LogP) is 1.07. The first kappa shape index (κ1) is 12.2. The topological polar surface area (TPSA) is 106 Å². The number of carbonyl (C=O) groups is 1. The Morgan fingerprint density at radius 2 is 2.20 bits per heavy atom. The first-order valence-electron chi connectivity index (χ1n) is 6.15. The number of pyridine rings is 1. The number of aromatic amines is 3. The van der Waals surface area contributed by atoms with Crippen LogP contribution in [0, 0.1) is 0 Å². The first-order valence-corrected chi connectivity index (χ1v) is 6.15. The van der Waals surface area contributed by atoms with Crippen molar-refractivity contribution < 1.29 is 4.79 Å². The molecule has 0 bridgehead atoms. The van der Waals surface area contributed by atoms with E-state index in [4.69, 9.17) is 0 Å². The van der Waals surface area contributed by atoms with Crippen molar-refractivity contribution in [1.82, 2.24) is 25.5 Å². The standard InChI is InChI=1S/C13H13N5O2/c1-7(10-6-11(19)18-17-10)16-13(20)12-8-2-4-14-9(8)3-5-15-12/h2-7,14H,1H3,(H,16,20)(H2,17,18,19). The minimum absolute atomic E-state index is 0.230. The van der Waals surface area contributed by atoms with E-state index >= 15 is 0 Å². The number of hydrogen-bond donors (Lipinski definition) is 4. The van der Waals surface area contributed by atoms with Gasteiger partial charge in [-0.1, -0.05) is 0 Å². The maximum atomic E-state index is 12.3. The third-order valence-electron chi connectivity index (χ3n) is 3.12. The fraction of sp³-hybridized carbons (Fsp3) is 0.154. The van der Waals surface area contributed by atoms with Gasteiger partial charge in [-0.3, -0.25) is 19.7 Å². The molecule has 0 saturated carbocycles. The van der Waals surface area contributed by atoms with Crippen LogP contribution in [0.2, 0.25) is 0 Å². The zero-order chi connectivity index (χ0) is 14.1. The van der Waals surface area contributed by atoms with Crippen LogP contribution in [-0.4, -0.2) is 26.1 Å². The van der Waals surface area contributed by atoms with E-state index in [-0.39, 0.29) is 17.5 Å². The minimum atomic E-state index is -0.322. The van der Waals surface area contributed by atoms with Crippen molar-refractivity contribution in [3.8, 4) is 0 Å². The molecule has 3 aromatic rings. The van der Waals surface area contributed by atoms with Gasteiger partial charge in [0.15, 0.2) is 0 Å². The summed E-state index contributed by atoms with van der Waals surface area (Å²) in [6, 6.07) is 4.70. The van der Waals surface area contributed by atoms with E-state index in [0.717, 1.165) is 10.9 Å². The van der Waals surface area contributed by atoms with Crippen molar-refractivity contribution in [1.29, 1.82) is 0 Å². The normalized spacial score (nSPS) is 12.4. The highest BCUT2D eigenvalue weighted by molar-refractivity contribution is 6.04. The maximum Gasteiger partial charge on any atom is 0.271 e. The Balaban J connectivity index is 1.86. The van der Waals surface area contributed by atoms with Gasteiger partial charge in [0, 0.05) is 29.4 Å². The number of fused-ring (bicyclic) bond motifs is 1. The van der Waals surface area contributed by atoms with Crippen molar-refractivity contribution in [3.05, 3.63) is 52.3 Å². The molecule has 1 unspecified atom stereocenters. The molecule has 0 aliphatic heterocycles. The largest absolute Gasteiger partial charge is 0.361 e. The Morgan fingerprint density at radius 1 is 1.35 bits per heavy atom. The number of nitrogens with zero attached hydrogens (tertiary/aromatic N) is 1. The monoisotopic (exact) mass is 271 g/mol. The van der Waals surface area contributed by atoms with Crippen LogP contribution in [0.4, 0.5) is 0 Å². The molecular weight excluding hydrogens is 258 g/mol. The second-order valence-electron chi connectivity index (χ2n) is 4.51. The van der Waals surface area contributed by atoms with Crippen LogP contribution in [-0.2, 0) is 0 Å². The van der Waals surface area contributed by atoms with Crippen molar-refractivity contribution in [3.63, 3.8) is 0 Å². The number of nitrogens with one attached hydrogen (secondary N) is 4. The Kier molecular flexibility index (Phi) is 2.86. The summed E-state index contributed by atoms with van der Waals surface area (Å²) in [4.78, 5) is 30.5. The van der Waals surface area contributed by atoms with Gasteiger partial charge in [-0.25, -0.2) is 0 Å². The number of aromatic nitrogens is 4. The van der Waals surface area contributed by atoms with Gasteiger partial charge in [0.05, 0.1) is 11.7 Å². The highest BCUT2D eigenvalue weighted by Gasteiger charge is 2.16. The molecule has 0 saturated heterocycles. The minimum Gasteiger partial charge on any atom is -0.361 e. The lowest BCUT2D eigenvalue weighted by molar-refractivity contribution is 0.0936. The van der Waals surface area contributed by atoms with Crippen LogP contribution in [0.15, 0.2) is 35.4 Å². The lowest BCUT2D eigenvalue weighted by Gasteiger charge is -2.11. The van der Waals surface area contributed by atoms with E-state index < -0.39 is 0 Å². The molecule has 7 heteroatoms. The Labute approximate surface area is 113 Å². The zero-order valence-corrected chi connectivity index (χ0v) is 10.7. The van der Waals surface area contributed by atoms with Crippen LogP contribution in [0.25, 0.3) is 10.9 Å². The number of hydrogen-bond acceptors (Lipinski definition) is 3. The SMILES string of the molecule is CC(NC(=O)c1nccc2[nH]ccc12)c1cc(=O)[nH][nH]1. The molecule has 1 atom stereocenters. The molecule has 3 rings (SSSR count). The second kappa shape index (κ2) is 4.69. The fourth-order valence-electron chi connectivity index (χ4n) is 2.09. The third kappa shape index (κ3) is 2.09. The Morgan fingerprint density at radius 3 is 2.95 bits per heavy atom. The molecule has 3 heterocycles. The smallest absolute Gasteiger partial charge is 0.271 e. The van der Waals surface area contributed by atoms with Crippen molar-refractivity contribution in [2.24, 2.45) is 0 Å². The molecule has 0 aliphatic rings. The van der Waals surface area contributed by atoms with Gasteiger partial charge in [0.2, 0.25) is 0 Å². The average molecular weight is 271 g/mol. The van der Waals surface area contributed by atoms with Gasteiger partial charge in [-0.05, 0) is 19.1 Å². The molecule has 20 heavy (non-hydrogen) atoms. The van der Waals surface area contributed by atoms with Crippen LogP contribution in [0.1, 0.15) is 29.1 Å². The second-order valence-corrected chi connectivity index (χ2v) is 4.51. The predicted molar refractivity (Wildman–Crippen MR) is 73.4 cm³/mol. The molecule has 0 aromatic carbocycles. The molecule has 0 spiro atoms. The molecule has 7 nitrogen and oxygen atoms in total. The molecule has 3 aromatic heterocycles. The van der Waals surface area contributed by atoms with Gasteiger partial charge in [-0.15, -0.1) is 0 Å². The lowest BCUT2D eigenvalue weighted by atomic mass is 10.2. The molecule has 0 fully saturated rings. The van der Waals surface area contributed by atoms with Crippen LogP contribution >= 0.6 is 0 Å². The lowest BCUT2D eigenvalue weighted by Crippen LogP contribution is -2.27. The summed E-state index contributed by atoms with van der Waals surface area (Å²) < 4.78 is 0. The zero-order valence-electron chi connectivity index (χ0n) is 10.7. The number of rotatable bonds is 3. The molecule has 0 radical (unpaired) electrons. The summed E-state index contributed by atoms with van der Waals surface area (Å²) in [7, 11) is 0. The summed E-state index contributed by atoms with van der Waals surface area (Å²) in [5.41, 5.74) is 1.60. The molecule has 0 aliphatic carbocycles. The number of H-pyrrole nitrogens is 3. The summed E-state index contributed by atoms with van der Waals surface area (Å²) in [6.45, 7) is 1.79. The quantitative estimate of drug-likeness (QED) is 0.572. The third-order valence-corrected chi connectivity index (χ3v) is 3.12. The summed E-state index contributed by atoms with van der Waals surface area (Å²) in [5.74, 6) is -0.287. The van der Waals surface area contributed by atoms with Gasteiger partial charge < -0.3 is 15.4 Å². The van der Waals surface area contributed by atoms with Crippen LogP contribution < -0.4 is 10.9 Å². The summed E-state index contributed by atoms with van der Waals surface area (Å²) in [5, 5.41) is 8.72. The van der Waals surface area contributed by atoms with Crippen molar-refractivity contribution >= 4 is 16.8 Å². The van der Waals surface area contributed by atoms with Crippen molar-refractivity contribution in [2.45, 2.75) is 13.0 Å². The van der Waals surface area contributed by atoms with E-state index in [2.05, 4.69) is 25.5 Å². The van der Waals surface area contributed by atoms with E-state index in [1.807, 2.05) is 0 Å². The van der Waals surface area contributed by atoms with E-state index in [9.17, 15) is 9.59 Å². The Hall–Kier alpha value is -2.83. The van der Waals surface area contributed by atoms with Crippen molar-refractivity contribution in [2.75, 3.05) is 0 Å². The summed E-state index contributed by atoms with van der Waals surface area (Å²) >= 11 is 0. The van der Waals surface area contributed by atoms with Gasteiger partial charge in [0.1, 0.15) is 5.69 Å². The molecule has 102 valence electrons. The highest BCUT2D eigenvalue weighted by atomic mass is 16.2. The molecule has 4 N–H and O–H groups in total. The highest BCUT2D eigenvalue weighted by Crippen LogP contribution is 2.16.